The van der Waals surface area contributed by atoms with Gasteiger partial charge in [-0.2, -0.15) is 0 Å². The molecule has 1 heterocycles. The van der Waals surface area contributed by atoms with Gasteiger partial charge in [0.05, 0.1) is 11.8 Å². The number of carbonyl (C=O) groups is 2. The fourth-order valence-corrected chi connectivity index (χ4v) is 2.59. The van der Waals surface area contributed by atoms with E-state index in [1.165, 1.54) is 11.1 Å². The average molecular weight is 248 g/mol. The van der Waals surface area contributed by atoms with Gasteiger partial charge in [-0.3, -0.25) is 20.4 Å². The minimum atomic E-state index is -0.176. The highest BCUT2D eigenvalue weighted by molar-refractivity contribution is 5.93. The Labute approximate surface area is 107 Å². The van der Waals surface area contributed by atoms with E-state index in [1.54, 1.807) is 0 Å². The molecule has 0 saturated carbocycles. The number of nitrogens with one attached hydrogen (secondary N) is 2. The lowest BCUT2D eigenvalue weighted by Crippen LogP contribution is -2.56. The smallest absolute Gasteiger partial charge is 0.242 e. The van der Waals surface area contributed by atoms with E-state index in [0.29, 0.717) is 6.42 Å². The molecular weight excluding hydrogens is 228 g/mol. The van der Waals surface area contributed by atoms with E-state index in [0.717, 1.165) is 19.3 Å². The lowest BCUT2D eigenvalue weighted by molar-refractivity contribution is -0.143. The number of rotatable bonds is 3. The molecule has 2 rings (SSSR count). The molecule has 0 aromatic heterocycles. The summed E-state index contributed by atoms with van der Waals surface area (Å²) in [6.07, 6.45) is 7.76. The lowest BCUT2D eigenvalue weighted by atomic mass is 9.77. The van der Waals surface area contributed by atoms with Gasteiger partial charge in [0, 0.05) is 0 Å². The van der Waals surface area contributed by atoms with Gasteiger partial charge in [0.1, 0.15) is 0 Å². The Morgan fingerprint density at radius 2 is 1.94 bits per heavy atom. The summed E-state index contributed by atoms with van der Waals surface area (Å²) in [5.74, 6) is -0.456. The zero-order valence-corrected chi connectivity index (χ0v) is 11.0. The van der Waals surface area contributed by atoms with Crippen LogP contribution in [0.15, 0.2) is 23.3 Å². The molecule has 2 amide bonds. The van der Waals surface area contributed by atoms with Crippen molar-refractivity contribution >= 4 is 11.8 Å². The molecule has 18 heavy (non-hydrogen) atoms. The van der Waals surface area contributed by atoms with Crippen LogP contribution in [0.3, 0.4) is 0 Å². The average Bonchev–Trinajstić information content (AvgIpc) is 2.34. The monoisotopic (exact) mass is 248 g/mol. The molecule has 2 atom stereocenters. The predicted octanol–water partition coefficient (Wildman–Crippen LogP) is 1.85. The van der Waals surface area contributed by atoms with Crippen molar-refractivity contribution in [2.45, 2.75) is 39.5 Å². The van der Waals surface area contributed by atoms with E-state index in [4.69, 9.17) is 0 Å². The second-order valence-electron chi connectivity index (χ2n) is 5.31. The maximum absolute atomic E-state index is 11.7. The maximum atomic E-state index is 11.7. The van der Waals surface area contributed by atoms with Crippen molar-refractivity contribution in [2.24, 2.45) is 11.8 Å². The van der Waals surface area contributed by atoms with Gasteiger partial charge in [-0.05, 0) is 39.5 Å². The number of amides is 2. The molecule has 1 saturated heterocycles. The highest BCUT2D eigenvalue weighted by atomic mass is 16.2. The van der Waals surface area contributed by atoms with Crippen molar-refractivity contribution in [1.82, 2.24) is 10.9 Å². The molecular formula is C14H20N2O2. The van der Waals surface area contributed by atoms with Gasteiger partial charge in [-0.15, -0.1) is 0 Å². The Morgan fingerprint density at radius 3 is 2.61 bits per heavy atom. The molecule has 1 fully saturated rings. The molecule has 1 aliphatic heterocycles. The van der Waals surface area contributed by atoms with Crippen LogP contribution >= 0.6 is 0 Å². The third-order valence-corrected chi connectivity index (χ3v) is 3.63. The number of allylic oxidation sites excluding steroid dienone is 4. The van der Waals surface area contributed by atoms with E-state index in [2.05, 4.69) is 36.9 Å². The Balaban J connectivity index is 1.98. The molecule has 1 aliphatic carbocycles. The zero-order valence-electron chi connectivity index (χ0n) is 11.0. The summed E-state index contributed by atoms with van der Waals surface area (Å²) < 4.78 is 0. The van der Waals surface area contributed by atoms with E-state index in [1.807, 2.05) is 0 Å². The SMILES string of the molecule is CC(C)=CCCC1=CC[C@@H]2C(=O)NNC(=O)[C@H]2C1. The molecule has 0 aromatic carbocycles. The van der Waals surface area contributed by atoms with E-state index < -0.39 is 0 Å². The van der Waals surface area contributed by atoms with Gasteiger partial charge in [0.15, 0.2) is 0 Å². The number of fused-ring (bicyclic) bond motifs is 1. The minimum Gasteiger partial charge on any atom is -0.273 e. The lowest BCUT2D eigenvalue weighted by Gasteiger charge is -2.33. The first-order chi connectivity index (χ1) is 8.58. The Bertz CT molecular complexity index is 420. The van der Waals surface area contributed by atoms with Crippen LogP contribution in [0.5, 0.6) is 0 Å². The summed E-state index contributed by atoms with van der Waals surface area (Å²) in [6, 6.07) is 0. The van der Waals surface area contributed by atoms with Gasteiger partial charge in [0.25, 0.3) is 0 Å². The predicted molar refractivity (Wildman–Crippen MR) is 69.2 cm³/mol. The van der Waals surface area contributed by atoms with Crippen LogP contribution in [0.2, 0.25) is 0 Å². The summed E-state index contributed by atoms with van der Waals surface area (Å²) in [4.78, 5) is 23.4. The molecule has 2 N–H and O–H groups in total. The van der Waals surface area contributed by atoms with Crippen molar-refractivity contribution in [1.29, 1.82) is 0 Å². The van der Waals surface area contributed by atoms with E-state index >= 15 is 0 Å². The first-order valence-corrected chi connectivity index (χ1v) is 6.49. The fraction of sp³-hybridized carbons (Fsp3) is 0.571. The summed E-state index contributed by atoms with van der Waals surface area (Å²) in [5, 5.41) is 0. The van der Waals surface area contributed by atoms with Crippen LogP contribution < -0.4 is 10.9 Å². The third kappa shape index (κ3) is 2.81. The molecule has 0 bridgehead atoms. The van der Waals surface area contributed by atoms with E-state index in [9.17, 15) is 9.59 Å². The van der Waals surface area contributed by atoms with Crippen LogP contribution in [0.1, 0.15) is 39.5 Å². The van der Waals surface area contributed by atoms with Crippen molar-refractivity contribution in [3.05, 3.63) is 23.3 Å². The molecule has 0 unspecified atom stereocenters. The zero-order chi connectivity index (χ0) is 13.1. The molecule has 0 radical (unpaired) electrons. The second kappa shape index (κ2) is 5.38. The van der Waals surface area contributed by atoms with Gasteiger partial charge in [-0.25, -0.2) is 0 Å². The molecule has 0 spiro atoms. The van der Waals surface area contributed by atoms with E-state index in [-0.39, 0.29) is 23.7 Å². The van der Waals surface area contributed by atoms with Crippen molar-refractivity contribution in [3.63, 3.8) is 0 Å². The normalized spacial score (nSPS) is 26.7. The minimum absolute atomic E-state index is 0.0487. The second-order valence-corrected chi connectivity index (χ2v) is 5.31. The van der Waals surface area contributed by atoms with Crippen molar-refractivity contribution < 1.29 is 9.59 Å². The molecule has 4 heteroatoms. The van der Waals surface area contributed by atoms with Gasteiger partial charge < -0.3 is 0 Å². The quantitative estimate of drug-likeness (QED) is 0.749. The van der Waals surface area contributed by atoms with Crippen LogP contribution in [-0.4, -0.2) is 11.8 Å². The van der Waals surface area contributed by atoms with Gasteiger partial charge in [0.2, 0.25) is 11.8 Å². The van der Waals surface area contributed by atoms with Crippen LogP contribution in [0, 0.1) is 11.8 Å². The van der Waals surface area contributed by atoms with Crippen molar-refractivity contribution in [3.8, 4) is 0 Å². The molecule has 4 nitrogen and oxygen atoms in total. The van der Waals surface area contributed by atoms with Crippen molar-refractivity contribution in [2.75, 3.05) is 0 Å². The molecule has 98 valence electrons. The topological polar surface area (TPSA) is 58.2 Å². The number of hydrogen-bond acceptors (Lipinski definition) is 2. The third-order valence-electron chi connectivity index (χ3n) is 3.63. The van der Waals surface area contributed by atoms with Crippen LogP contribution in [-0.2, 0) is 9.59 Å². The maximum Gasteiger partial charge on any atom is 0.242 e. The highest BCUT2D eigenvalue weighted by Crippen LogP contribution is 2.33. The summed E-state index contributed by atoms with van der Waals surface area (Å²) >= 11 is 0. The number of hydrogen-bond donors (Lipinski definition) is 2. The van der Waals surface area contributed by atoms with Crippen LogP contribution in [0.25, 0.3) is 0 Å². The first-order valence-electron chi connectivity index (χ1n) is 6.49. The Kier molecular flexibility index (Phi) is 3.84. The van der Waals surface area contributed by atoms with Crippen LogP contribution in [0.4, 0.5) is 0 Å². The Hall–Kier alpha value is -1.58. The Morgan fingerprint density at radius 1 is 1.28 bits per heavy atom. The standard InChI is InChI=1S/C14H20N2O2/c1-9(2)4-3-5-10-6-7-11-12(8-10)14(18)16-15-13(11)17/h4,6,11-12H,3,5,7-8H2,1-2H3,(H,15,17)(H,16,18)/t11-,12-/m0/s1. The summed E-state index contributed by atoms with van der Waals surface area (Å²) in [7, 11) is 0. The fourth-order valence-electron chi connectivity index (χ4n) is 2.59. The number of carbonyl (C=O) groups excluding carboxylic acids is 2. The largest absolute Gasteiger partial charge is 0.273 e. The highest BCUT2D eigenvalue weighted by Gasteiger charge is 2.39. The first kappa shape index (κ1) is 12.9. The number of hydrazine groups is 1. The summed E-state index contributed by atoms with van der Waals surface area (Å²) in [6.45, 7) is 4.18. The molecule has 2 aliphatic rings. The molecule has 0 aromatic rings. The van der Waals surface area contributed by atoms with Gasteiger partial charge in [-0.1, -0.05) is 23.3 Å². The van der Waals surface area contributed by atoms with Gasteiger partial charge >= 0.3 is 0 Å². The summed E-state index contributed by atoms with van der Waals surface area (Å²) in [5.41, 5.74) is 7.50.